The Kier molecular flexibility index (Phi) is 6.81. The molecule has 14 heteroatoms. The molecule has 1 fully saturated rings. The summed E-state index contributed by atoms with van der Waals surface area (Å²) in [5.74, 6) is -6.76. The van der Waals surface area contributed by atoms with Crippen molar-refractivity contribution in [2.75, 3.05) is 0 Å². The maximum Gasteiger partial charge on any atom is 0.348 e. The maximum atomic E-state index is 14.9. The monoisotopic (exact) mass is 509 g/mol. The first-order valence-corrected chi connectivity index (χ1v) is 11.9. The Labute approximate surface area is 215 Å². The molecule has 2 heterocycles. The summed E-state index contributed by atoms with van der Waals surface area (Å²) >= 11 is 5.78. The standard InChI is InChI=1S/C22H22B4ClF2N3O4/c23-16-9(8-31(26)21(36)22(28,29)10-1-3-11(27)4-2-10)7-12-15(17(16)24)20(35)32(18(12)25)13-5-6-14(33)30-19(13)34/h1-4,7,13,18H,5-6,8,23-26H2,(H,30,33,34). The Bertz CT molecular complexity index is 1300. The smallest absolute Gasteiger partial charge is 0.348 e. The average Bonchev–Trinajstić information content (AvgIpc) is 3.06. The molecule has 2 unspecified atom stereocenters. The van der Waals surface area contributed by atoms with Crippen LogP contribution in [0.3, 0.4) is 0 Å². The first-order valence-electron chi connectivity index (χ1n) is 11.5. The lowest BCUT2D eigenvalue weighted by Crippen LogP contribution is -2.53. The third kappa shape index (κ3) is 4.34. The van der Waals surface area contributed by atoms with Crippen LogP contribution in [-0.4, -0.2) is 70.9 Å². The fourth-order valence-corrected chi connectivity index (χ4v) is 5.08. The molecule has 0 radical (unpaired) electrons. The fraction of sp³-hybridized carbons (Fsp3) is 0.273. The quantitative estimate of drug-likeness (QED) is 0.355. The van der Waals surface area contributed by atoms with Gasteiger partial charge >= 0.3 is 5.92 Å². The minimum atomic E-state index is -3.75. The van der Waals surface area contributed by atoms with Gasteiger partial charge in [0.25, 0.3) is 11.8 Å². The molecule has 1 N–H and O–H groups in total. The van der Waals surface area contributed by atoms with Gasteiger partial charge in [-0.3, -0.25) is 24.5 Å². The molecule has 0 aromatic heterocycles. The number of carbonyl (C=O) groups is 4. The van der Waals surface area contributed by atoms with E-state index < -0.39 is 35.3 Å². The highest BCUT2D eigenvalue weighted by molar-refractivity contribution is 6.52. The summed E-state index contributed by atoms with van der Waals surface area (Å²) < 4.78 is 29.8. The van der Waals surface area contributed by atoms with E-state index in [0.29, 0.717) is 27.6 Å². The van der Waals surface area contributed by atoms with Gasteiger partial charge in [0.05, 0.1) is 0 Å². The number of halogens is 3. The number of amides is 4. The number of nitrogens with zero attached hydrogens (tertiary/aromatic N) is 2. The number of hydrogen-bond acceptors (Lipinski definition) is 4. The summed E-state index contributed by atoms with van der Waals surface area (Å²) in [7, 11) is 6.63. The molecular weight excluding hydrogens is 487 g/mol. The number of alkyl halides is 2. The third-order valence-electron chi connectivity index (χ3n) is 7.13. The summed E-state index contributed by atoms with van der Waals surface area (Å²) in [5.41, 5.74) is 2.67. The average molecular weight is 509 g/mol. The highest BCUT2D eigenvalue weighted by Crippen LogP contribution is 2.35. The van der Waals surface area contributed by atoms with Gasteiger partial charge in [0.1, 0.15) is 29.6 Å². The Morgan fingerprint density at radius 3 is 2.42 bits per heavy atom. The van der Waals surface area contributed by atoms with Crippen LogP contribution in [0.2, 0.25) is 5.02 Å². The number of rotatable bonds is 5. The van der Waals surface area contributed by atoms with Gasteiger partial charge in [-0.1, -0.05) is 40.7 Å². The van der Waals surface area contributed by atoms with E-state index in [1.165, 1.54) is 25.0 Å². The van der Waals surface area contributed by atoms with Crippen LogP contribution in [0, 0.1) is 0 Å². The number of hydrogen-bond donors (Lipinski definition) is 1. The molecule has 0 aliphatic carbocycles. The molecule has 36 heavy (non-hydrogen) atoms. The Morgan fingerprint density at radius 2 is 1.81 bits per heavy atom. The van der Waals surface area contributed by atoms with Crippen LogP contribution in [0.4, 0.5) is 8.78 Å². The molecule has 2 aliphatic rings. The van der Waals surface area contributed by atoms with Crippen LogP contribution in [0.15, 0.2) is 30.3 Å². The van der Waals surface area contributed by atoms with E-state index in [1.54, 1.807) is 29.6 Å². The van der Waals surface area contributed by atoms with Gasteiger partial charge in [0.15, 0.2) is 0 Å². The predicted molar refractivity (Wildman–Crippen MR) is 141 cm³/mol. The largest absolute Gasteiger partial charge is 0.384 e. The summed E-state index contributed by atoms with van der Waals surface area (Å²) in [6.45, 7) is -0.0959. The van der Waals surface area contributed by atoms with Crippen molar-refractivity contribution in [3.8, 4) is 0 Å². The summed E-state index contributed by atoms with van der Waals surface area (Å²) in [4.78, 5) is 52.5. The zero-order chi connectivity index (χ0) is 26.5. The van der Waals surface area contributed by atoms with Crippen molar-refractivity contribution in [2.24, 2.45) is 0 Å². The zero-order valence-corrected chi connectivity index (χ0v) is 21.1. The molecule has 4 rings (SSSR count). The van der Waals surface area contributed by atoms with Crippen LogP contribution in [-0.2, 0) is 26.9 Å². The second kappa shape index (κ2) is 9.42. The maximum absolute atomic E-state index is 14.9. The number of carbonyl (C=O) groups excluding carboxylic acids is 4. The number of fused-ring (bicyclic) bond motifs is 1. The van der Waals surface area contributed by atoms with Gasteiger partial charge in [0.2, 0.25) is 19.8 Å². The van der Waals surface area contributed by atoms with Crippen LogP contribution in [0.1, 0.15) is 45.8 Å². The van der Waals surface area contributed by atoms with Gasteiger partial charge in [-0.05, 0) is 29.7 Å². The minimum absolute atomic E-state index is 0.0959. The third-order valence-corrected chi connectivity index (χ3v) is 7.38. The predicted octanol–water partition coefficient (Wildman–Crippen LogP) is -2.58. The molecular formula is C22H22B4ClF2N3O4. The van der Waals surface area contributed by atoms with Gasteiger partial charge < -0.3 is 9.71 Å². The second-order valence-electron chi connectivity index (χ2n) is 9.35. The van der Waals surface area contributed by atoms with Gasteiger partial charge in [-0.15, -0.1) is 0 Å². The van der Waals surface area contributed by atoms with Crippen LogP contribution >= 0.6 is 11.6 Å². The van der Waals surface area contributed by atoms with E-state index in [0.717, 1.165) is 16.9 Å². The van der Waals surface area contributed by atoms with Crippen LogP contribution in [0.5, 0.6) is 0 Å². The van der Waals surface area contributed by atoms with Crippen molar-refractivity contribution >= 4 is 77.7 Å². The molecule has 2 aliphatic heterocycles. The van der Waals surface area contributed by atoms with E-state index in [2.05, 4.69) is 5.32 Å². The highest BCUT2D eigenvalue weighted by atomic mass is 35.5. The molecule has 0 spiro atoms. The molecule has 2 aromatic rings. The summed E-state index contributed by atoms with van der Waals surface area (Å²) in [6, 6.07) is 5.82. The minimum Gasteiger partial charge on any atom is -0.384 e. The van der Waals surface area contributed by atoms with Gasteiger partial charge in [0, 0.05) is 35.1 Å². The molecule has 2 aromatic carbocycles. The fourth-order valence-electron chi connectivity index (χ4n) is 4.95. The number of benzene rings is 2. The normalized spacial score (nSPS) is 19.8. The first kappa shape index (κ1) is 26.0. The van der Waals surface area contributed by atoms with Crippen molar-refractivity contribution < 1.29 is 28.0 Å². The number of imide groups is 1. The first-order chi connectivity index (χ1) is 16.8. The number of nitrogens with one attached hydrogen (secondary N) is 1. The summed E-state index contributed by atoms with van der Waals surface area (Å²) in [5, 5.41) is 2.57. The van der Waals surface area contributed by atoms with E-state index in [4.69, 9.17) is 11.6 Å². The Hall–Kier alpha value is -3.07. The molecule has 0 saturated carbocycles. The molecule has 7 nitrogen and oxygen atoms in total. The van der Waals surface area contributed by atoms with E-state index in [1.807, 2.05) is 0 Å². The second-order valence-corrected chi connectivity index (χ2v) is 9.78. The Morgan fingerprint density at radius 1 is 1.17 bits per heavy atom. The van der Waals surface area contributed by atoms with Gasteiger partial charge in [-0.25, -0.2) is 0 Å². The van der Waals surface area contributed by atoms with Crippen molar-refractivity contribution in [1.82, 2.24) is 15.0 Å². The van der Waals surface area contributed by atoms with Crippen molar-refractivity contribution in [1.29, 1.82) is 0 Å². The zero-order valence-electron chi connectivity index (χ0n) is 20.3. The van der Waals surface area contributed by atoms with Crippen molar-refractivity contribution in [2.45, 2.75) is 37.3 Å². The highest BCUT2D eigenvalue weighted by Gasteiger charge is 2.45. The van der Waals surface area contributed by atoms with Crippen molar-refractivity contribution in [3.05, 3.63) is 57.6 Å². The van der Waals surface area contributed by atoms with Crippen molar-refractivity contribution in [3.63, 3.8) is 0 Å². The molecule has 182 valence electrons. The van der Waals surface area contributed by atoms with E-state index >= 15 is 0 Å². The lowest BCUT2D eigenvalue weighted by molar-refractivity contribution is -0.154. The molecule has 0 bridgehead atoms. The molecule has 4 amide bonds. The lowest BCUT2D eigenvalue weighted by Gasteiger charge is -2.33. The van der Waals surface area contributed by atoms with E-state index in [-0.39, 0.29) is 36.2 Å². The SMILES string of the molecule is Bc1c(CN(B)C(=O)C(F)(F)c2ccc(Cl)cc2)cc2c(c1B)C(=O)N(C1CCC(=O)NC1=O)C2B. The van der Waals surface area contributed by atoms with Crippen LogP contribution in [0.25, 0.3) is 0 Å². The number of piperidine rings is 1. The van der Waals surface area contributed by atoms with E-state index in [9.17, 15) is 28.0 Å². The topological polar surface area (TPSA) is 86.8 Å². The summed E-state index contributed by atoms with van der Waals surface area (Å²) in [6.07, 6.45) is 0.373. The molecule has 1 saturated heterocycles. The Balaban J connectivity index is 1.61. The lowest BCUT2D eigenvalue weighted by atomic mass is 9.72. The molecule has 2 atom stereocenters. The van der Waals surface area contributed by atoms with Crippen LogP contribution < -0.4 is 16.2 Å². The van der Waals surface area contributed by atoms with Gasteiger partial charge in [-0.2, -0.15) is 8.78 Å².